The largest absolute Gasteiger partial charge is 0.366 e. The van der Waals surface area contributed by atoms with Crippen LogP contribution in [0.5, 0.6) is 0 Å². The van der Waals surface area contributed by atoms with Gasteiger partial charge in [-0.3, -0.25) is 0 Å². The van der Waals surface area contributed by atoms with Gasteiger partial charge in [0.15, 0.2) is 10.3 Å². The van der Waals surface area contributed by atoms with Gasteiger partial charge in [-0.1, -0.05) is 86.5 Å². The number of nitrogens with one attached hydrogen (secondary N) is 3. The molecule has 2 aromatic heterocycles. The predicted molar refractivity (Wildman–Crippen MR) is 202 cm³/mol. The quantitative estimate of drug-likeness (QED) is 0.0887. The van der Waals surface area contributed by atoms with Gasteiger partial charge in [-0.25, -0.2) is 19.9 Å². The summed E-state index contributed by atoms with van der Waals surface area (Å²) >= 11 is 13.8. The number of halogens is 3. The molecule has 2 heterocycles. The van der Waals surface area contributed by atoms with Crippen molar-refractivity contribution in [2.24, 2.45) is 5.73 Å². The summed E-state index contributed by atoms with van der Waals surface area (Å²) in [7, 11) is 0. The molecule has 0 spiro atoms. The Bertz CT molecular complexity index is 1100. The van der Waals surface area contributed by atoms with Crippen LogP contribution < -0.4 is 21.7 Å². The number of nitrogens with zero attached hydrogens (tertiary/aromatic N) is 4. The molecule has 43 heavy (non-hydrogen) atoms. The summed E-state index contributed by atoms with van der Waals surface area (Å²) in [6.45, 7) is 0. The molecule has 5 N–H and O–H groups in total. The Morgan fingerprint density at radius 1 is 0.581 bits per heavy atom. The van der Waals surface area contributed by atoms with Crippen LogP contribution in [-0.4, -0.2) is 56.6 Å². The summed E-state index contributed by atoms with van der Waals surface area (Å²) in [6, 6.07) is 2.27. The first-order valence-electron chi connectivity index (χ1n) is 15.8. The molecule has 0 radical (unpaired) electrons. The van der Waals surface area contributed by atoms with E-state index in [2.05, 4.69) is 81.1 Å². The van der Waals surface area contributed by atoms with Gasteiger partial charge in [-0.2, -0.15) is 0 Å². The molecule has 2 aromatic rings. The van der Waals surface area contributed by atoms with Gasteiger partial charge in [0.25, 0.3) is 0 Å². The Morgan fingerprint density at radius 3 is 1.23 bits per heavy atom. The molecule has 0 unspecified atom stereocenters. The number of nitrogens with two attached hydrogens (primary N) is 1. The van der Waals surface area contributed by atoms with Crippen molar-refractivity contribution in [3.8, 4) is 0 Å². The van der Waals surface area contributed by atoms with Gasteiger partial charge in [-0.15, -0.1) is 0 Å². The van der Waals surface area contributed by atoms with Crippen LogP contribution >= 0.6 is 80.3 Å². The summed E-state index contributed by atoms with van der Waals surface area (Å²) in [5.41, 5.74) is 5.53. The second kappa shape index (κ2) is 19.0. The van der Waals surface area contributed by atoms with E-state index in [4.69, 9.17) is 17.3 Å². The van der Waals surface area contributed by atoms with Crippen molar-refractivity contribution in [1.82, 2.24) is 19.9 Å². The minimum Gasteiger partial charge on any atom is -0.366 e. The third kappa shape index (κ3) is 11.6. The van der Waals surface area contributed by atoms with Crippen molar-refractivity contribution in [1.29, 1.82) is 0 Å². The van der Waals surface area contributed by atoms with E-state index in [1.807, 2.05) is 12.5 Å². The van der Waals surface area contributed by atoms with E-state index < -0.39 is 0 Å². The highest BCUT2D eigenvalue weighted by Crippen LogP contribution is 2.32. The molecule has 8 nitrogen and oxygen atoms in total. The molecule has 4 aliphatic rings. The molecule has 0 saturated heterocycles. The summed E-state index contributed by atoms with van der Waals surface area (Å²) in [5, 5.41) is 12.9. The maximum atomic E-state index is 6.07. The summed E-state index contributed by atoms with van der Waals surface area (Å²) < 4.78 is 2.06. The molecule has 4 fully saturated rings. The highest BCUT2D eigenvalue weighted by atomic mass is 127. The molecule has 0 aromatic carbocycles. The smallest absolute Gasteiger partial charge is 0.191 e. The van der Waals surface area contributed by atoms with Crippen molar-refractivity contribution in [3.63, 3.8) is 0 Å². The summed E-state index contributed by atoms with van der Waals surface area (Å²) in [6.07, 6.45) is 24.7. The molecule has 4 aliphatic carbocycles. The van der Waals surface area contributed by atoms with E-state index in [1.165, 1.54) is 114 Å². The lowest BCUT2D eigenvalue weighted by atomic mass is 10.2. The molecular formula is C30H47ClI2N8S2. The number of rotatable bonds is 8. The number of hydrogen-bond donors (Lipinski definition) is 4. The molecular weight excluding hydrogens is 826 g/mol. The van der Waals surface area contributed by atoms with Crippen LogP contribution in [0.15, 0.2) is 10.3 Å². The fourth-order valence-electron chi connectivity index (χ4n) is 6.04. The van der Waals surface area contributed by atoms with E-state index in [9.17, 15) is 0 Å². The lowest BCUT2D eigenvalue weighted by molar-refractivity contribution is 0.704. The van der Waals surface area contributed by atoms with E-state index in [0.717, 1.165) is 34.9 Å². The average Bonchev–Trinajstić information content (AvgIpc) is 3.84. The monoisotopic (exact) mass is 872 g/mol. The van der Waals surface area contributed by atoms with E-state index >= 15 is 0 Å². The van der Waals surface area contributed by atoms with Gasteiger partial charge in [0, 0.05) is 24.2 Å². The van der Waals surface area contributed by atoms with Crippen LogP contribution in [0.3, 0.4) is 0 Å². The Labute approximate surface area is 298 Å². The van der Waals surface area contributed by atoms with Gasteiger partial charge >= 0.3 is 0 Å². The number of anilines is 3. The second-order valence-corrected chi connectivity index (χ2v) is 15.9. The van der Waals surface area contributed by atoms with E-state index in [1.54, 1.807) is 11.8 Å². The minimum atomic E-state index is 0.542. The van der Waals surface area contributed by atoms with Crippen LogP contribution in [-0.2, 0) is 0 Å². The third-order valence-corrected chi connectivity index (χ3v) is 12.2. The zero-order valence-corrected chi connectivity index (χ0v) is 32.1. The Hall–Kier alpha value is -0.0300. The number of hydrogen-bond acceptors (Lipinski definition) is 10. The molecule has 0 amide bonds. The minimum absolute atomic E-state index is 0.542. The fourth-order valence-corrected chi connectivity index (χ4v) is 7.94. The van der Waals surface area contributed by atoms with Crippen LogP contribution in [0.4, 0.5) is 17.5 Å². The first kappa shape index (κ1) is 35.8. The van der Waals surface area contributed by atoms with Crippen molar-refractivity contribution in [2.45, 2.75) is 137 Å². The van der Waals surface area contributed by atoms with Gasteiger partial charge < -0.3 is 21.7 Å². The normalized spacial score (nSPS) is 19.6. The number of thioether (sulfide) groups is 2. The molecule has 240 valence electrons. The highest BCUT2D eigenvalue weighted by Gasteiger charge is 2.22. The molecule has 0 bridgehead atoms. The van der Waals surface area contributed by atoms with Crippen LogP contribution in [0.25, 0.3) is 0 Å². The van der Waals surface area contributed by atoms with Crippen molar-refractivity contribution in [3.05, 3.63) is 12.3 Å². The van der Waals surface area contributed by atoms with Crippen LogP contribution in [0.2, 0.25) is 5.15 Å². The number of aromatic nitrogens is 4. The van der Waals surface area contributed by atoms with Gasteiger partial charge in [-0.05, 0) is 109 Å². The highest BCUT2D eigenvalue weighted by molar-refractivity contribution is 14.1. The lowest BCUT2D eigenvalue weighted by Gasteiger charge is -2.19. The SMILES string of the molecule is CSc1nc(Cl)c(I)c(NC2CCCC2)n1.CSc1nc(NC2CCCC2)c(I)c(NC2CCCC2)n1.NC1CCCC1. The lowest BCUT2D eigenvalue weighted by Crippen LogP contribution is -2.20. The van der Waals surface area contributed by atoms with Crippen LogP contribution in [0.1, 0.15) is 103 Å². The van der Waals surface area contributed by atoms with Crippen molar-refractivity contribution >= 4 is 97.8 Å². The Kier molecular flexibility index (Phi) is 15.8. The van der Waals surface area contributed by atoms with E-state index in [0.29, 0.717) is 29.3 Å². The zero-order chi connectivity index (χ0) is 30.6. The zero-order valence-electron chi connectivity index (χ0n) is 25.4. The molecule has 4 saturated carbocycles. The maximum absolute atomic E-state index is 6.07. The van der Waals surface area contributed by atoms with Gasteiger partial charge in [0.1, 0.15) is 22.6 Å². The van der Waals surface area contributed by atoms with E-state index in [-0.39, 0.29) is 0 Å². The first-order chi connectivity index (χ1) is 20.9. The van der Waals surface area contributed by atoms with Gasteiger partial charge in [0.2, 0.25) is 0 Å². The third-order valence-electron chi connectivity index (χ3n) is 8.47. The Morgan fingerprint density at radius 2 is 0.907 bits per heavy atom. The van der Waals surface area contributed by atoms with Crippen molar-refractivity contribution in [2.75, 3.05) is 28.5 Å². The standard InChI is InChI=1S/C15H23IN4S.C10H13ClIN3S.C5H11N/c1-21-15-19-13(17-10-6-2-3-7-10)12(16)14(20-15)18-11-8-4-5-9-11;1-16-10-14-8(11)7(12)9(15-10)13-6-4-2-3-5-6;6-5-3-1-2-4-5/h10-11H,2-9H2,1H3,(H2,17,18,19,20);6H,2-5H2,1H3,(H,13,14,15);5H,1-4,6H2. The molecule has 0 atom stereocenters. The summed E-state index contributed by atoms with van der Waals surface area (Å²) in [5.74, 6) is 2.92. The maximum Gasteiger partial charge on any atom is 0.191 e. The first-order valence-corrected chi connectivity index (χ1v) is 20.8. The fraction of sp³-hybridized carbons (Fsp3) is 0.733. The van der Waals surface area contributed by atoms with Gasteiger partial charge in [0.05, 0.1) is 7.14 Å². The predicted octanol–water partition coefficient (Wildman–Crippen LogP) is 9.21. The van der Waals surface area contributed by atoms with Crippen molar-refractivity contribution < 1.29 is 0 Å². The molecule has 0 aliphatic heterocycles. The molecule has 6 rings (SSSR count). The second-order valence-electron chi connectivity index (χ2n) is 11.8. The van der Waals surface area contributed by atoms with Crippen LogP contribution in [0, 0.1) is 7.14 Å². The summed E-state index contributed by atoms with van der Waals surface area (Å²) in [4.78, 5) is 18.0. The molecule has 13 heteroatoms. The topological polar surface area (TPSA) is 114 Å². The Balaban J connectivity index is 0.000000169. The average molecular weight is 873 g/mol.